The maximum absolute atomic E-state index is 11.0. The summed E-state index contributed by atoms with van der Waals surface area (Å²) in [6.45, 7) is 31.2. The highest BCUT2D eigenvalue weighted by atomic mass is 19.3. The Hall–Kier alpha value is -1.98. The first-order valence-electron chi connectivity index (χ1n) is 8.94. The Labute approximate surface area is 181 Å². The molecule has 0 atom stereocenters. The maximum Gasteiger partial charge on any atom is 0.268 e. The first-order chi connectivity index (χ1) is 13.1. The van der Waals surface area contributed by atoms with E-state index in [1.165, 1.54) is 50.0 Å². The standard InChI is InChI=1S/C6H12.2C4H6F2.2C4H8.C2H2F2/c1-5(2)6(3)4;2*1-3(2)4(5)6;2*1-4(2)3;1-2(3)4/h1-4H3;2*1-2H3;2*1H2,2-3H3;1H2. The lowest BCUT2D eigenvalue weighted by molar-refractivity contribution is 0.411. The summed E-state index contributed by atoms with van der Waals surface area (Å²) in [7, 11) is 0. The molecule has 0 aliphatic carbocycles. The highest BCUT2D eigenvalue weighted by Gasteiger charge is 1.87. The first kappa shape index (κ1) is 42.2. The fourth-order valence-electron chi connectivity index (χ4n) is 0. The molecule has 0 bridgehead atoms. The fraction of sp³-hybridized carbons (Fsp3) is 0.500. The third kappa shape index (κ3) is 162. The van der Waals surface area contributed by atoms with Gasteiger partial charge in [0.05, 0.1) is 0 Å². The molecule has 0 rings (SSSR count). The summed E-state index contributed by atoms with van der Waals surface area (Å²) in [5, 5.41) is 0. The second-order valence-electron chi connectivity index (χ2n) is 7.27. The molecule has 0 aliphatic heterocycles. The van der Waals surface area contributed by atoms with E-state index in [2.05, 4.69) is 47.4 Å². The van der Waals surface area contributed by atoms with Gasteiger partial charge in [-0.1, -0.05) is 22.3 Å². The van der Waals surface area contributed by atoms with Gasteiger partial charge in [0.1, 0.15) is 0 Å². The van der Waals surface area contributed by atoms with E-state index in [4.69, 9.17) is 0 Å². The Morgan fingerprint density at radius 1 is 0.367 bits per heavy atom. The molecule has 30 heavy (non-hydrogen) atoms. The van der Waals surface area contributed by atoms with Crippen LogP contribution in [-0.2, 0) is 0 Å². The minimum absolute atomic E-state index is 0.0926. The highest BCUT2D eigenvalue weighted by molar-refractivity contribution is 5.02. The van der Waals surface area contributed by atoms with Crippen LogP contribution in [-0.4, -0.2) is 0 Å². The molecular formula is C24H42F6. The topological polar surface area (TPSA) is 0 Å². The Morgan fingerprint density at radius 3 is 0.433 bits per heavy atom. The Kier molecular flexibility index (Phi) is 41.1. The SMILES string of the molecule is C=C(C)C.C=C(C)C.C=C(F)F.CC(C)=C(C)C.CC(C)=C(F)F.CC(C)=C(F)F. The molecule has 0 radical (unpaired) electrons. The molecule has 0 nitrogen and oxygen atoms in total. The second-order valence-corrected chi connectivity index (χ2v) is 7.27. The average molecular weight is 445 g/mol. The molecule has 0 fully saturated rings. The zero-order valence-electron chi connectivity index (χ0n) is 20.9. The van der Waals surface area contributed by atoms with Crippen LogP contribution in [0.3, 0.4) is 0 Å². The smallest absolute Gasteiger partial charge is 0.174 e. The maximum atomic E-state index is 11.0. The fourth-order valence-corrected chi connectivity index (χ4v) is 0. The van der Waals surface area contributed by atoms with Gasteiger partial charge in [-0.25, -0.2) is 0 Å². The summed E-state index contributed by atoms with van der Waals surface area (Å²) in [6, 6.07) is 0. The molecule has 0 unspecified atom stereocenters. The number of allylic oxidation sites excluding steroid dienone is 6. The first-order valence-corrected chi connectivity index (χ1v) is 8.94. The van der Waals surface area contributed by atoms with Crippen LogP contribution in [0.25, 0.3) is 0 Å². The minimum Gasteiger partial charge on any atom is -0.174 e. The Morgan fingerprint density at radius 2 is 0.433 bits per heavy atom. The van der Waals surface area contributed by atoms with Gasteiger partial charge in [-0.15, -0.1) is 13.2 Å². The van der Waals surface area contributed by atoms with Crippen molar-refractivity contribution in [3.8, 4) is 0 Å². The van der Waals surface area contributed by atoms with E-state index in [9.17, 15) is 26.3 Å². The molecule has 0 aromatic carbocycles. The summed E-state index contributed by atoms with van der Waals surface area (Å²) >= 11 is 0. The number of halogens is 6. The molecule has 0 aromatic rings. The van der Waals surface area contributed by atoms with Gasteiger partial charge in [0.15, 0.2) is 0 Å². The normalized spacial score (nSPS) is 7.40. The number of hydrogen-bond acceptors (Lipinski definition) is 0. The van der Waals surface area contributed by atoms with E-state index >= 15 is 0 Å². The third-order valence-corrected chi connectivity index (χ3v) is 1.76. The van der Waals surface area contributed by atoms with Gasteiger partial charge in [0.25, 0.3) is 18.2 Å². The van der Waals surface area contributed by atoms with E-state index in [1.807, 2.05) is 27.7 Å². The Bertz CT molecular complexity index is 417. The van der Waals surface area contributed by atoms with E-state index < -0.39 is 18.2 Å². The van der Waals surface area contributed by atoms with Gasteiger partial charge in [-0.2, -0.15) is 26.3 Å². The van der Waals surface area contributed by atoms with Crippen LogP contribution in [0.4, 0.5) is 26.3 Å². The van der Waals surface area contributed by atoms with Crippen molar-refractivity contribution in [2.45, 2.75) is 83.1 Å². The monoisotopic (exact) mass is 444 g/mol. The van der Waals surface area contributed by atoms with Crippen LogP contribution in [0.15, 0.2) is 71.4 Å². The molecule has 0 aliphatic rings. The van der Waals surface area contributed by atoms with Gasteiger partial charge >= 0.3 is 0 Å². The molecule has 0 spiro atoms. The zero-order valence-corrected chi connectivity index (χ0v) is 20.9. The van der Waals surface area contributed by atoms with Crippen LogP contribution in [0.5, 0.6) is 0 Å². The van der Waals surface area contributed by atoms with E-state index in [0.717, 1.165) is 0 Å². The molecule has 0 aromatic heterocycles. The number of hydrogen-bond donors (Lipinski definition) is 0. The second kappa shape index (κ2) is 29.2. The molecule has 0 saturated carbocycles. The van der Waals surface area contributed by atoms with Crippen LogP contribution in [0.1, 0.15) is 83.1 Å². The van der Waals surface area contributed by atoms with Crippen LogP contribution in [0, 0.1) is 0 Å². The van der Waals surface area contributed by atoms with Crippen LogP contribution >= 0.6 is 0 Å². The summed E-state index contributed by atoms with van der Waals surface area (Å²) in [6.07, 6.45) is -4.98. The van der Waals surface area contributed by atoms with Gasteiger partial charge in [0.2, 0.25) is 0 Å². The van der Waals surface area contributed by atoms with E-state index in [1.54, 1.807) is 0 Å². The van der Waals surface area contributed by atoms with E-state index in [-0.39, 0.29) is 11.1 Å². The zero-order chi connectivity index (χ0) is 26.2. The van der Waals surface area contributed by atoms with Crippen LogP contribution in [0.2, 0.25) is 0 Å². The highest BCUT2D eigenvalue weighted by Crippen LogP contribution is 2.03. The van der Waals surface area contributed by atoms with Gasteiger partial charge in [-0.3, -0.25) is 0 Å². The molecule has 0 amide bonds. The van der Waals surface area contributed by atoms with Crippen molar-refractivity contribution in [3.63, 3.8) is 0 Å². The minimum atomic E-state index is -1.83. The molecule has 0 saturated heterocycles. The average Bonchev–Trinajstić information content (AvgIpc) is 2.46. The lowest BCUT2D eigenvalue weighted by Crippen LogP contribution is -1.66. The van der Waals surface area contributed by atoms with Gasteiger partial charge in [-0.05, 0) is 101 Å². The largest absolute Gasteiger partial charge is 0.268 e. The summed E-state index contributed by atoms with van der Waals surface area (Å²) in [5.41, 5.74) is 5.37. The van der Waals surface area contributed by atoms with Crippen molar-refractivity contribution in [3.05, 3.63) is 71.4 Å². The lowest BCUT2D eigenvalue weighted by atomic mass is 10.2. The van der Waals surface area contributed by atoms with Crippen molar-refractivity contribution in [2.24, 2.45) is 0 Å². The Balaban J connectivity index is -0.0000000583. The number of rotatable bonds is 0. The van der Waals surface area contributed by atoms with Crippen molar-refractivity contribution < 1.29 is 26.3 Å². The van der Waals surface area contributed by atoms with Crippen LogP contribution < -0.4 is 0 Å². The molecule has 6 heteroatoms. The predicted molar refractivity (Wildman–Crippen MR) is 123 cm³/mol. The summed E-state index contributed by atoms with van der Waals surface area (Å²) < 4.78 is 64.4. The van der Waals surface area contributed by atoms with Crippen molar-refractivity contribution >= 4 is 0 Å². The third-order valence-electron chi connectivity index (χ3n) is 1.76. The van der Waals surface area contributed by atoms with Crippen molar-refractivity contribution in [2.75, 3.05) is 0 Å². The van der Waals surface area contributed by atoms with Crippen molar-refractivity contribution in [1.82, 2.24) is 0 Å². The van der Waals surface area contributed by atoms with Gasteiger partial charge < -0.3 is 0 Å². The predicted octanol–water partition coefficient (Wildman–Crippen LogP) is 11.3. The summed E-state index contributed by atoms with van der Waals surface area (Å²) in [5.74, 6) is 0. The molecule has 0 heterocycles. The van der Waals surface area contributed by atoms with E-state index in [0.29, 0.717) is 0 Å². The molecule has 180 valence electrons. The summed E-state index contributed by atoms with van der Waals surface area (Å²) in [4.78, 5) is 0. The quantitative estimate of drug-likeness (QED) is 0.257. The van der Waals surface area contributed by atoms with Gasteiger partial charge in [0, 0.05) is 0 Å². The lowest BCUT2D eigenvalue weighted by Gasteiger charge is -1.88. The molecule has 0 N–H and O–H groups in total. The molecular weight excluding hydrogens is 402 g/mol. The van der Waals surface area contributed by atoms with Crippen molar-refractivity contribution in [1.29, 1.82) is 0 Å².